The highest BCUT2D eigenvalue weighted by Crippen LogP contribution is 2.48. The molecule has 0 amide bonds. The van der Waals surface area contributed by atoms with Crippen LogP contribution < -0.4 is 19.5 Å². The smallest absolute Gasteiger partial charge is 0.336 e. The summed E-state index contributed by atoms with van der Waals surface area (Å²) in [7, 11) is 4.57. The summed E-state index contributed by atoms with van der Waals surface area (Å²) in [5.74, 6) is 0.881. The number of carbonyl (C=O) groups excluding carboxylic acids is 2. The van der Waals surface area contributed by atoms with Gasteiger partial charge in [0.2, 0.25) is 0 Å². The van der Waals surface area contributed by atoms with Crippen LogP contribution in [-0.4, -0.2) is 39.7 Å². The van der Waals surface area contributed by atoms with Crippen molar-refractivity contribution in [3.8, 4) is 17.2 Å². The molecule has 0 spiro atoms. The van der Waals surface area contributed by atoms with Crippen LogP contribution in [0.15, 0.2) is 65.0 Å². The highest BCUT2D eigenvalue weighted by atomic mass is 16.5. The number of allylic oxidation sites excluding steroid dienone is 3. The minimum atomic E-state index is -0.569. The van der Waals surface area contributed by atoms with Crippen molar-refractivity contribution in [2.24, 2.45) is 0 Å². The number of esters is 1. The zero-order chi connectivity index (χ0) is 26.5. The Morgan fingerprint density at radius 2 is 1.76 bits per heavy atom. The number of dihydropyridines is 1. The molecule has 4 rings (SSSR count). The Balaban J connectivity index is 1.78. The van der Waals surface area contributed by atoms with Gasteiger partial charge in [-0.05, 0) is 49.4 Å². The Kier molecular flexibility index (Phi) is 8.21. The SMILES string of the molecule is CCCCOc1ccccc1[C@@H]1C(C(=O)OC)=C(C)NC2=C1C(=O)C[C@H](c1ccc(OC)c(OC)c1)C2. The van der Waals surface area contributed by atoms with Gasteiger partial charge in [-0.15, -0.1) is 0 Å². The number of nitrogens with one attached hydrogen (secondary N) is 1. The molecule has 2 aromatic rings. The van der Waals surface area contributed by atoms with Gasteiger partial charge in [0, 0.05) is 29.0 Å². The highest BCUT2D eigenvalue weighted by molar-refractivity contribution is 6.04. The third-order valence-corrected chi connectivity index (χ3v) is 7.10. The lowest BCUT2D eigenvalue weighted by Gasteiger charge is -2.37. The summed E-state index contributed by atoms with van der Waals surface area (Å²) >= 11 is 0. The van der Waals surface area contributed by atoms with Gasteiger partial charge in [-0.2, -0.15) is 0 Å². The van der Waals surface area contributed by atoms with Crippen LogP contribution in [-0.2, 0) is 14.3 Å². The molecule has 1 heterocycles. The quantitative estimate of drug-likeness (QED) is 0.360. The summed E-state index contributed by atoms with van der Waals surface area (Å²) in [6.07, 6.45) is 2.86. The van der Waals surface area contributed by atoms with Gasteiger partial charge >= 0.3 is 5.97 Å². The molecule has 0 radical (unpaired) electrons. The molecular weight excluding hydrogens is 470 g/mol. The fourth-order valence-corrected chi connectivity index (χ4v) is 5.25. The number of unbranched alkanes of at least 4 members (excludes halogenated alkanes) is 1. The molecule has 0 aromatic heterocycles. The summed E-state index contributed by atoms with van der Waals surface area (Å²) in [5, 5.41) is 3.38. The maximum atomic E-state index is 13.8. The number of ether oxygens (including phenoxy) is 4. The minimum Gasteiger partial charge on any atom is -0.493 e. The van der Waals surface area contributed by atoms with Gasteiger partial charge in [0.15, 0.2) is 17.3 Å². The molecule has 0 saturated carbocycles. The van der Waals surface area contributed by atoms with Crippen molar-refractivity contribution in [2.75, 3.05) is 27.9 Å². The predicted molar refractivity (Wildman–Crippen MR) is 141 cm³/mol. The Morgan fingerprint density at radius 1 is 1.00 bits per heavy atom. The van der Waals surface area contributed by atoms with Crippen LogP contribution in [0.3, 0.4) is 0 Å². The Hall–Kier alpha value is -3.74. The van der Waals surface area contributed by atoms with Crippen molar-refractivity contribution in [1.82, 2.24) is 5.32 Å². The van der Waals surface area contributed by atoms with Crippen molar-refractivity contribution in [1.29, 1.82) is 0 Å². The highest BCUT2D eigenvalue weighted by Gasteiger charge is 2.42. The van der Waals surface area contributed by atoms with E-state index in [2.05, 4.69) is 12.2 Å². The van der Waals surface area contributed by atoms with Crippen molar-refractivity contribution in [2.45, 2.75) is 51.4 Å². The van der Waals surface area contributed by atoms with Crippen LogP contribution in [0.25, 0.3) is 0 Å². The lowest BCUT2D eigenvalue weighted by molar-refractivity contribution is -0.136. The first-order valence-electron chi connectivity index (χ1n) is 12.7. The number of carbonyl (C=O) groups is 2. The van der Waals surface area contributed by atoms with Gasteiger partial charge in [-0.3, -0.25) is 4.79 Å². The van der Waals surface area contributed by atoms with Crippen molar-refractivity contribution in [3.63, 3.8) is 0 Å². The van der Waals surface area contributed by atoms with Crippen molar-refractivity contribution in [3.05, 3.63) is 76.1 Å². The third-order valence-electron chi connectivity index (χ3n) is 7.10. The van der Waals surface area contributed by atoms with Gasteiger partial charge < -0.3 is 24.3 Å². The van der Waals surface area contributed by atoms with Crippen LogP contribution in [0.1, 0.15) is 62.5 Å². The average molecular weight is 506 g/mol. The average Bonchev–Trinajstić information content (AvgIpc) is 2.91. The molecule has 1 aliphatic heterocycles. The molecule has 37 heavy (non-hydrogen) atoms. The fraction of sp³-hybridized carbons (Fsp3) is 0.400. The molecule has 0 fully saturated rings. The molecule has 1 N–H and O–H groups in total. The first-order chi connectivity index (χ1) is 17.9. The van der Waals surface area contributed by atoms with Crippen LogP contribution in [0.5, 0.6) is 17.2 Å². The van der Waals surface area contributed by atoms with E-state index in [1.165, 1.54) is 7.11 Å². The van der Waals surface area contributed by atoms with E-state index in [9.17, 15) is 9.59 Å². The minimum absolute atomic E-state index is 0.00389. The van der Waals surface area contributed by atoms with E-state index >= 15 is 0 Å². The topological polar surface area (TPSA) is 83.1 Å². The Labute approximate surface area is 218 Å². The zero-order valence-corrected chi connectivity index (χ0v) is 22.2. The number of hydrogen-bond acceptors (Lipinski definition) is 7. The fourth-order valence-electron chi connectivity index (χ4n) is 5.25. The monoisotopic (exact) mass is 505 g/mol. The van der Waals surface area contributed by atoms with E-state index in [-0.39, 0.29) is 11.7 Å². The summed E-state index contributed by atoms with van der Waals surface area (Å²) in [5.41, 5.74) is 4.35. The number of Topliss-reactive ketones (excluding diaryl/α,β-unsaturated/α-hetero) is 1. The number of rotatable bonds is 9. The van der Waals surface area contributed by atoms with E-state index in [1.807, 2.05) is 49.4 Å². The lowest BCUT2D eigenvalue weighted by Crippen LogP contribution is -2.36. The standard InChI is InChI=1S/C30H35NO6/c1-6-7-14-37-24-11-9-8-10-21(24)28-27(30(33)36-5)18(2)31-22-15-20(16-23(32)29(22)28)19-12-13-25(34-3)26(17-19)35-4/h8-13,17,20,28,31H,6-7,14-16H2,1-5H3/t20-,28-/m1/s1. The Morgan fingerprint density at radius 3 is 2.46 bits per heavy atom. The normalized spacial score (nSPS) is 19.2. The van der Waals surface area contributed by atoms with Crippen molar-refractivity contribution >= 4 is 11.8 Å². The molecular formula is C30H35NO6. The maximum absolute atomic E-state index is 13.8. The predicted octanol–water partition coefficient (Wildman–Crippen LogP) is 5.42. The molecule has 2 aromatic carbocycles. The molecule has 2 aliphatic rings. The largest absolute Gasteiger partial charge is 0.493 e. The second kappa shape index (κ2) is 11.5. The maximum Gasteiger partial charge on any atom is 0.336 e. The first kappa shape index (κ1) is 26.3. The van der Waals surface area contributed by atoms with E-state index < -0.39 is 11.9 Å². The van der Waals surface area contributed by atoms with E-state index in [4.69, 9.17) is 18.9 Å². The van der Waals surface area contributed by atoms with Gasteiger partial charge in [0.25, 0.3) is 0 Å². The molecule has 0 saturated heterocycles. The second-order valence-corrected chi connectivity index (χ2v) is 9.36. The Bertz CT molecular complexity index is 1240. The number of hydrogen-bond donors (Lipinski definition) is 1. The second-order valence-electron chi connectivity index (χ2n) is 9.36. The molecule has 196 valence electrons. The number of benzene rings is 2. The summed E-state index contributed by atoms with van der Waals surface area (Å²) in [6.45, 7) is 4.53. The van der Waals surface area contributed by atoms with Crippen molar-refractivity contribution < 1.29 is 28.5 Å². The summed E-state index contributed by atoms with van der Waals surface area (Å²) in [6, 6.07) is 13.4. The first-order valence-corrected chi connectivity index (χ1v) is 12.7. The van der Waals surface area contributed by atoms with Gasteiger partial charge in [0.1, 0.15) is 5.75 Å². The molecule has 1 aliphatic carbocycles. The van der Waals surface area contributed by atoms with Crippen LogP contribution >= 0.6 is 0 Å². The van der Waals surface area contributed by atoms with E-state index in [1.54, 1.807) is 14.2 Å². The summed E-state index contributed by atoms with van der Waals surface area (Å²) < 4.78 is 22.2. The molecule has 0 bridgehead atoms. The van der Waals surface area contributed by atoms with Gasteiger partial charge in [-0.25, -0.2) is 4.79 Å². The van der Waals surface area contributed by atoms with Crippen LogP contribution in [0.2, 0.25) is 0 Å². The molecule has 2 atom stereocenters. The zero-order valence-electron chi connectivity index (χ0n) is 22.2. The van der Waals surface area contributed by atoms with Gasteiger partial charge in [-0.1, -0.05) is 37.6 Å². The van der Waals surface area contributed by atoms with Gasteiger partial charge in [0.05, 0.1) is 39.4 Å². The van der Waals surface area contributed by atoms with Crippen LogP contribution in [0, 0.1) is 0 Å². The number of methoxy groups -OCH3 is 3. The molecule has 7 nitrogen and oxygen atoms in total. The lowest BCUT2D eigenvalue weighted by atomic mass is 9.71. The third kappa shape index (κ3) is 5.22. The molecule has 0 unspecified atom stereocenters. The summed E-state index contributed by atoms with van der Waals surface area (Å²) in [4.78, 5) is 26.8. The van der Waals surface area contributed by atoms with E-state index in [0.29, 0.717) is 53.5 Å². The van der Waals surface area contributed by atoms with E-state index in [0.717, 1.165) is 29.7 Å². The molecule has 7 heteroatoms. The number of para-hydroxylation sites is 1. The number of ketones is 1. The van der Waals surface area contributed by atoms with Crippen LogP contribution in [0.4, 0.5) is 0 Å².